The number of methoxy groups -OCH3 is 2. The van der Waals surface area contributed by atoms with Gasteiger partial charge in [-0.3, -0.25) is 28.9 Å². The SMILES string of the molecule is C/C=C(/C)C(=O)OCC1C2=C(CC3C4C5=C(C(=O)C(C)=C(OC)C5=O)[C@H](O)C(C(=O)N13)N4C)C(=O)C(C)=C(OC)C2=O. The topological polar surface area (TPSA) is 157 Å². The Bertz CT molecular complexity index is 1540. The number of aliphatic hydroxyl groups excluding tert-OH is 1. The van der Waals surface area contributed by atoms with Gasteiger partial charge in [-0.1, -0.05) is 6.08 Å². The summed E-state index contributed by atoms with van der Waals surface area (Å²) in [5.41, 5.74) is 0.281. The Morgan fingerprint density at radius 2 is 1.48 bits per heavy atom. The Hall–Kier alpha value is -4.16. The molecule has 0 aromatic rings. The van der Waals surface area contributed by atoms with Gasteiger partial charge in [0.25, 0.3) is 0 Å². The van der Waals surface area contributed by atoms with E-state index in [9.17, 15) is 33.9 Å². The van der Waals surface area contributed by atoms with Gasteiger partial charge in [0.05, 0.1) is 32.3 Å². The van der Waals surface area contributed by atoms with Gasteiger partial charge in [-0.05, 0) is 41.2 Å². The van der Waals surface area contributed by atoms with Crippen LogP contribution in [0.3, 0.4) is 0 Å². The van der Waals surface area contributed by atoms with E-state index in [1.165, 1.54) is 37.9 Å². The van der Waals surface area contributed by atoms with Crippen molar-refractivity contribution in [2.45, 2.75) is 64.4 Å². The van der Waals surface area contributed by atoms with Gasteiger partial charge in [-0.15, -0.1) is 0 Å². The van der Waals surface area contributed by atoms with E-state index in [1.807, 2.05) is 0 Å². The lowest BCUT2D eigenvalue weighted by atomic mass is 9.68. The summed E-state index contributed by atoms with van der Waals surface area (Å²) < 4.78 is 16.1. The summed E-state index contributed by atoms with van der Waals surface area (Å²) in [6.45, 7) is 5.61. The maximum absolute atomic E-state index is 14.2. The molecule has 0 aromatic heterocycles. The summed E-state index contributed by atoms with van der Waals surface area (Å²) in [5, 5.41) is 11.4. The van der Waals surface area contributed by atoms with Crippen LogP contribution in [0.15, 0.2) is 56.6 Å². The number of aliphatic hydroxyl groups is 1. The van der Waals surface area contributed by atoms with Crippen molar-refractivity contribution < 1.29 is 48.1 Å². The number of ether oxygens (including phenoxy) is 3. The molecule has 1 saturated heterocycles. The monoisotopic (exact) mass is 580 g/mol. The molecule has 0 spiro atoms. The molecule has 12 heteroatoms. The lowest BCUT2D eigenvalue weighted by Gasteiger charge is -2.58. The molecule has 1 N–H and O–H groups in total. The average molecular weight is 581 g/mol. The second-order valence-corrected chi connectivity index (χ2v) is 11.0. The third-order valence-electron chi connectivity index (χ3n) is 9.01. The van der Waals surface area contributed by atoms with Crippen molar-refractivity contribution in [2.75, 3.05) is 27.9 Å². The summed E-state index contributed by atoms with van der Waals surface area (Å²) in [6.07, 6.45) is -0.242. The normalized spacial score (nSPS) is 30.1. The number of ketones is 4. The Balaban J connectivity index is 1.71. The van der Waals surface area contributed by atoms with Crippen LogP contribution in [0.4, 0.5) is 0 Å². The molecule has 0 saturated carbocycles. The van der Waals surface area contributed by atoms with E-state index in [0.717, 1.165) is 0 Å². The number of allylic oxidation sites excluding steroid dienone is 5. The van der Waals surface area contributed by atoms with Gasteiger partial charge in [0.2, 0.25) is 17.5 Å². The average Bonchev–Trinajstić information content (AvgIpc) is 2.96. The predicted octanol–water partition coefficient (Wildman–Crippen LogP) is 0.260. The number of esters is 1. The standard InChI is InChI=1S/C30H32N2O10/c1-8-11(2)30(39)42-10-16-17-14(22(33)12(3)27(40-6)25(17)36)9-15-20-18-19(23(34)13(4)28(41-7)26(18)37)24(35)21(31(20)5)29(38)32(15)16/h8,15-16,20-21,24,35H,9-10H2,1-7H3/b11-8-/t15?,16?,20?,21?,24-/m0/s1. The fraction of sp³-hybridized carbons (Fsp3) is 0.467. The Morgan fingerprint density at radius 1 is 0.905 bits per heavy atom. The molecule has 3 heterocycles. The zero-order valence-electron chi connectivity index (χ0n) is 24.4. The van der Waals surface area contributed by atoms with E-state index >= 15 is 0 Å². The number of carbonyl (C=O) groups is 6. The third kappa shape index (κ3) is 3.81. The number of amides is 1. The first-order chi connectivity index (χ1) is 19.8. The molecule has 1 amide bonds. The highest BCUT2D eigenvalue weighted by molar-refractivity contribution is 6.27. The predicted molar refractivity (Wildman–Crippen MR) is 144 cm³/mol. The Morgan fingerprint density at radius 3 is 2.05 bits per heavy atom. The van der Waals surface area contributed by atoms with E-state index in [4.69, 9.17) is 14.2 Å². The maximum atomic E-state index is 14.2. The van der Waals surface area contributed by atoms with Gasteiger partial charge in [0.1, 0.15) is 18.8 Å². The molecule has 222 valence electrons. The first-order valence-corrected chi connectivity index (χ1v) is 13.5. The number of hydrogen-bond acceptors (Lipinski definition) is 11. The van der Waals surface area contributed by atoms with Gasteiger partial charge in [0.15, 0.2) is 23.1 Å². The number of piperazine rings is 1. The molecule has 42 heavy (non-hydrogen) atoms. The van der Waals surface area contributed by atoms with Crippen molar-refractivity contribution >= 4 is 35.0 Å². The zero-order chi connectivity index (χ0) is 30.9. The first-order valence-electron chi connectivity index (χ1n) is 13.5. The molecule has 5 aliphatic rings. The second kappa shape index (κ2) is 10.3. The molecule has 5 rings (SSSR count). The van der Waals surface area contributed by atoms with Crippen molar-refractivity contribution in [3.8, 4) is 0 Å². The van der Waals surface area contributed by atoms with Gasteiger partial charge in [-0.2, -0.15) is 0 Å². The van der Waals surface area contributed by atoms with E-state index in [2.05, 4.69) is 0 Å². The van der Waals surface area contributed by atoms with Crippen LogP contribution in [0, 0.1) is 0 Å². The molecular weight excluding hydrogens is 548 g/mol. The number of fused-ring (bicyclic) bond motifs is 5. The quantitative estimate of drug-likeness (QED) is 0.270. The van der Waals surface area contributed by atoms with Gasteiger partial charge in [-0.25, -0.2) is 4.79 Å². The molecule has 2 bridgehead atoms. The largest absolute Gasteiger partial charge is 0.492 e. The zero-order valence-corrected chi connectivity index (χ0v) is 24.4. The van der Waals surface area contributed by atoms with Crippen LogP contribution < -0.4 is 0 Å². The third-order valence-corrected chi connectivity index (χ3v) is 9.01. The van der Waals surface area contributed by atoms with Crippen molar-refractivity contribution in [1.82, 2.24) is 9.80 Å². The number of likely N-dealkylation sites (N-methyl/N-ethyl adjacent to an activating group) is 1. The molecule has 3 aliphatic heterocycles. The van der Waals surface area contributed by atoms with Crippen molar-refractivity contribution in [1.29, 1.82) is 0 Å². The minimum Gasteiger partial charge on any atom is -0.492 e. The van der Waals surface area contributed by atoms with Crippen LogP contribution in [0.1, 0.15) is 34.1 Å². The highest BCUT2D eigenvalue weighted by Gasteiger charge is 2.62. The lowest BCUT2D eigenvalue weighted by molar-refractivity contribution is -0.164. The highest BCUT2D eigenvalue weighted by atomic mass is 16.5. The summed E-state index contributed by atoms with van der Waals surface area (Å²) in [5.74, 6) is -3.97. The van der Waals surface area contributed by atoms with Gasteiger partial charge in [0, 0.05) is 39.0 Å². The molecule has 0 radical (unpaired) electrons. The fourth-order valence-electron chi connectivity index (χ4n) is 6.85. The number of carbonyl (C=O) groups excluding carboxylic acids is 6. The maximum Gasteiger partial charge on any atom is 0.333 e. The second-order valence-electron chi connectivity index (χ2n) is 11.0. The van der Waals surface area contributed by atoms with Crippen LogP contribution in [0.25, 0.3) is 0 Å². The summed E-state index contributed by atoms with van der Waals surface area (Å²) in [7, 11) is 4.08. The van der Waals surface area contributed by atoms with Crippen LogP contribution >= 0.6 is 0 Å². The van der Waals surface area contributed by atoms with Crippen LogP contribution in [-0.4, -0.2) is 108 Å². The first kappa shape index (κ1) is 29.3. The Labute approximate surface area is 241 Å². The molecule has 0 aromatic carbocycles. The molecule has 5 atom stereocenters. The molecule has 1 fully saturated rings. The molecule has 4 unspecified atom stereocenters. The van der Waals surface area contributed by atoms with E-state index in [-0.39, 0.29) is 51.4 Å². The number of nitrogens with zero attached hydrogens (tertiary/aromatic N) is 2. The summed E-state index contributed by atoms with van der Waals surface area (Å²) >= 11 is 0. The van der Waals surface area contributed by atoms with Crippen LogP contribution in [0.2, 0.25) is 0 Å². The van der Waals surface area contributed by atoms with E-state index in [1.54, 1.807) is 27.0 Å². The number of hydrogen-bond donors (Lipinski definition) is 1. The summed E-state index contributed by atoms with van der Waals surface area (Å²) in [6, 6.07) is -4.38. The smallest absolute Gasteiger partial charge is 0.333 e. The van der Waals surface area contributed by atoms with Crippen molar-refractivity contribution in [3.63, 3.8) is 0 Å². The number of Topliss-reactive ketones (excluding diaryl/α,β-unsaturated/α-hetero) is 4. The van der Waals surface area contributed by atoms with E-state index in [0.29, 0.717) is 5.57 Å². The van der Waals surface area contributed by atoms with Crippen LogP contribution in [0.5, 0.6) is 0 Å². The van der Waals surface area contributed by atoms with Crippen LogP contribution in [-0.2, 0) is 43.0 Å². The van der Waals surface area contributed by atoms with Gasteiger partial charge < -0.3 is 24.2 Å². The minimum atomic E-state index is -1.66. The fourth-order valence-corrected chi connectivity index (χ4v) is 6.85. The molecule has 2 aliphatic carbocycles. The summed E-state index contributed by atoms with van der Waals surface area (Å²) in [4.78, 5) is 84.3. The number of rotatable bonds is 5. The minimum absolute atomic E-state index is 0.0194. The Kier molecular flexibility index (Phi) is 7.18. The van der Waals surface area contributed by atoms with Crippen molar-refractivity contribution in [3.05, 3.63) is 56.6 Å². The molecule has 12 nitrogen and oxygen atoms in total. The highest BCUT2D eigenvalue weighted by Crippen LogP contribution is 2.47. The van der Waals surface area contributed by atoms with Gasteiger partial charge >= 0.3 is 5.97 Å². The lowest BCUT2D eigenvalue weighted by Crippen LogP contribution is -2.75. The molecular formula is C30H32N2O10. The van der Waals surface area contributed by atoms with E-state index < -0.39 is 71.9 Å². The van der Waals surface area contributed by atoms with Crippen molar-refractivity contribution in [2.24, 2.45) is 0 Å².